The maximum Gasteiger partial charge on any atom is 0.319 e. The van der Waals surface area contributed by atoms with Crippen LogP contribution in [0.25, 0.3) is 0 Å². The highest BCUT2D eigenvalue weighted by Gasteiger charge is 2.22. The summed E-state index contributed by atoms with van der Waals surface area (Å²) in [5, 5.41) is 6.31. The monoisotopic (exact) mass is 252 g/mol. The molecule has 0 unspecified atom stereocenters. The second-order valence-electron chi connectivity index (χ2n) is 3.73. The van der Waals surface area contributed by atoms with E-state index in [1.807, 2.05) is 6.07 Å². The van der Waals surface area contributed by atoms with Crippen molar-refractivity contribution in [3.63, 3.8) is 0 Å². The third-order valence-corrected chi connectivity index (χ3v) is 3.67. The molecule has 1 aliphatic rings. The van der Waals surface area contributed by atoms with E-state index in [4.69, 9.17) is 0 Å². The Hall–Kier alpha value is -1.82. The molecule has 1 aliphatic heterocycles. The van der Waals surface area contributed by atoms with Crippen LogP contribution < -0.4 is 10.6 Å². The smallest absolute Gasteiger partial charge is 0.319 e. The zero-order valence-electron chi connectivity index (χ0n) is 8.96. The van der Waals surface area contributed by atoms with E-state index in [9.17, 15) is 13.2 Å². The molecule has 0 aliphatic carbocycles. The molecular formula is C11H12N2O3S. The molecule has 1 aromatic rings. The molecule has 0 saturated heterocycles. The first-order valence-electron chi connectivity index (χ1n) is 5.09. The third kappa shape index (κ3) is 3.32. The Morgan fingerprint density at radius 2 is 1.94 bits per heavy atom. The van der Waals surface area contributed by atoms with Crippen molar-refractivity contribution in [3.8, 4) is 0 Å². The Bertz CT molecular complexity index is 537. The van der Waals surface area contributed by atoms with Gasteiger partial charge in [-0.2, -0.15) is 0 Å². The van der Waals surface area contributed by atoms with Gasteiger partial charge >= 0.3 is 6.03 Å². The van der Waals surface area contributed by atoms with Crippen LogP contribution >= 0.6 is 0 Å². The molecule has 1 aromatic carbocycles. The minimum absolute atomic E-state index is 0.0742. The maximum absolute atomic E-state index is 11.5. The molecule has 0 radical (unpaired) electrons. The quantitative estimate of drug-likeness (QED) is 0.828. The van der Waals surface area contributed by atoms with Crippen LogP contribution in [-0.4, -0.2) is 26.2 Å². The summed E-state index contributed by atoms with van der Waals surface area (Å²) in [4.78, 5) is 11.5. The number of nitrogens with one attached hydrogen (secondary N) is 2. The van der Waals surface area contributed by atoms with Crippen molar-refractivity contribution in [1.82, 2.24) is 5.32 Å². The van der Waals surface area contributed by atoms with Crippen molar-refractivity contribution >= 4 is 21.6 Å². The average molecular weight is 252 g/mol. The molecule has 0 bridgehead atoms. The highest BCUT2D eigenvalue weighted by molar-refractivity contribution is 7.94. The van der Waals surface area contributed by atoms with Crippen molar-refractivity contribution in [2.24, 2.45) is 0 Å². The van der Waals surface area contributed by atoms with Crippen LogP contribution in [-0.2, 0) is 9.84 Å². The standard InChI is InChI=1S/C11H12N2O3S/c14-11(12-9-4-2-1-3-5-9)13-10-6-7-17(15,16)8-10/h1-7,10H,8H2,(H2,12,13,14)/t10-/m0/s1. The predicted molar refractivity (Wildman–Crippen MR) is 65.3 cm³/mol. The Morgan fingerprint density at radius 3 is 2.53 bits per heavy atom. The second kappa shape index (κ2) is 4.58. The lowest BCUT2D eigenvalue weighted by Gasteiger charge is -2.11. The summed E-state index contributed by atoms with van der Waals surface area (Å²) in [5.41, 5.74) is 0.662. The summed E-state index contributed by atoms with van der Waals surface area (Å²) in [6, 6.07) is 8.08. The molecule has 2 rings (SSSR count). The molecule has 5 nitrogen and oxygen atoms in total. The van der Waals surface area contributed by atoms with Crippen molar-refractivity contribution in [3.05, 3.63) is 41.8 Å². The van der Waals surface area contributed by atoms with Crippen LogP contribution in [0.5, 0.6) is 0 Å². The first kappa shape index (κ1) is 11.7. The second-order valence-corrected chi connectivity index (χ2v) is 5.66. The lowest BCUT2D eigenvalue weighted by Crippen LogP contribution is -2.38. The number of carbonyl (C=O) groups is 1. The fourth-order valence-electron chi connectivity index (χ4n) is 1.52. The summed E-state index contributed by atoms with van der Waals surface area (Å²) in [5.74, 6) is -0.0742. The van der Waals surface area contributed by atoms with Gasteiger partial charge in [-0.05, 0) is 18.2 Å². The third-order valence-electron chi connectivity index (χ3n) is 2.28. The molecule has 0 aromatic heterocycles. The molecule has 17 heavy (non-hydrogen) atoms. The fourth-order valence-corrected chi connectivity index (χ4v) is 2.76. The summed E-state index contributed by atoms with van der Waals surface area (Å²) in [6.45, 7) is 0. The predicted octanol–water partition coefficient (Wildman–Crippen LogP) is 1.12. The summed E-state index contributed by atoms with van der Waals surface area (Å²) < 4.78 is 22.2. The Balaban J connectivity index is 1.89. The zero-order valence-corrected chi connectivity index (χ0v) is 9.78. The number of hydrogen-bond donors (Lipinski definition) is 2. The van der Waals surface area contributed by atoms with Gasteiger partial charge in [-0.15, -0.1) is 0 Å². The van der Waals surface area contributed by atoms with Crippen molar-refractivity contribution in [2.75, 3.05) is 11.1 Å². The van der Waals surface area contributed by atoms with Gasteiger partial charge in [-0.25, -0.2) is 13.2 Å². The van der Waals surface area contributed by atoms with Crippen molar-refractivity contribution in [2.45, 2.75) is 6.04 Å². The van der Waals surface area contributed by atoms with Gasteiger partial charge in [-0.1, -0.05) is 18.2 Å². The number of amides is 2. The van der Waals surface area contributed by atoms with E-state index in [0.717, 1.165) is 5.41 Å². The van der Waals surface area contributed by atoms with E-state index < -0.39 is 21.9 Å². The zero-order chi connectivity index (χ0) is 12.3. The maximum atomic E-state index is 11.5. The fraction of sp³-hybridized carbons (Fsp3) is 0.182. The molecule has 2 amide bonds. The molecule has 0 fully saturated rings. The lowest BCUT2D eigenvalue weighted by molar-refractivity contribution is 0.251. The normalized spacial score (nSPS) is 21.1. The largest absolute Gasteiger partial charge is 0.331 e. The highest BCUT2D eigenvalue weighted by atomic mass is 32.2. The van der Waals surface area contributed by atoms with Crippen LogP contribution in [0.1, 0.15) is 0 Å². The molecule has 90 valence electrons. The van der Waals surface area contributed by atoms with Gasteiger partial charge in [0, 0.05) is 11.1 Å². The number of benzene rings is 1. The minimum atomic E-state index is -3.14. The van der Waals surface area contributed by atoms with Gasteiger partial charge in [0.2, 0.25) is 0 Å². The van der Waals surface area contributed by atoms with Crippen LogP contribution in [0.2, 0.25) is 0 Å². The molecule has 0 spiro atoms. The summed E-state index contributed by atoms with van der Waals surface area (Å²) >= 11 is 0. The topological polar surface area (TPSA) is 75.3 Å². The number of rotatable bonds is 2. The average Bonchev–Trinajstić information content (AvgIpc) is 2.59. The Kier molecular flexibility index (Phi) is 3.14. The molecule has 1 atom stereocenters. The van der Waals surface area contributed by atoms with Gasteiger partial charge < -0.3 is 10.6 Å². The number of anilines is 1. The lowest BCUT2D eigenvalue weighted by atomic mass is 10.3. The molecular weight excluding hydrogens is 240 g/mol. The molecule has 0 saturated carbocycles. The first-order chi connectivity index (χ1) is 8.05. The number of sulfone groups is 1. The molecule has 2 N–H and O–H groups in total. The van der Waals surface area contributed by atoms with E-state index in [1.54, 1.807) is 24.3 Å². The van der Waals surface area contributed by atoms with Gasteiger partial charge in [0.15, 0.2) is 9.84 Å². The van der Waals surface area contributed by atoms with Gasteiger partial charge in [-0.3, -0.25) is 0 Å². The van der Waals surface area contributed by atoms with E-state index in [1.165, 1.54) is 6.08 Å². The van der Waals surface area contributed by atoms with E-state index in [0.29, 0.717) is 5.69 Å². The van der Waals surface area contributed by atoms with Crippen LogP contribution in [0.4, 0.5) is 10.5 Å². The molecule has 6 heteroatoms. The number of carbonyl (C=O) groups excluding carboxylic acids is 1. The summed E-state index contributed by atoms with van der Waals surface area (Å²) in [7, 11) is -3.14. The van der Waals surface area contributed by atoms with Crippen LogP contribution in [0.15, 0.2) is 41.8 Å². The van der Waals surface area contributed by atoms with E-state index in [2.05, 4.69) is 10.6 Å². The van der Waals surface area contributed by atoms with Crippen LogP contribution in [0, 0.1) is 0 Å². The number of hydrogen-bond acceptors (Lipinski definition) is 3. The minimum Gasteiger partial charge on any atom is -0.331 e. The SMILES string of the molecule is O=C(Nc1ccccc1)N[C@H]1C=CS(=O)(=O)C1. The number of urea groups is 1. The van der Waals surface area contributed by atoms with Gasteiger partial charge in [0.05, 0.1) is 11.8 Å². The van der Waals surface area contributed by atoms with Gasteiger partial charge in [0.1, 0.15) is 0 Å². The van der Waals surface area contributed by atoms with Crippen molar-refractivity contribution < 1.29 is 13.2 Å². The summed E-state index contributed by atoms with van der Waals surface area (Å²) in [6.07, 6.45) is 1.47. The highest BCUT2D eigenvalue weighted by Crippen LogP contribution is 2.09. The Labute approximate surface area is 99.4 Å². The van der Waals surface area contributed by atoms with E-state index in [-0.39, 0.29) is 5.75 Å². The Morgan fingerprint density at radius 1 is 1.24 bits per heavy atom. The number of para-hydroxylation sites is 1. The first-order valence-corrected chi connectivity index (χ1v) is 6.80. The molecule has 1 heterocycles. The van der Waals surface area contributed by atoms with Gasteiger partial charge in [0.25, 0.3) is 0 Å². The van der Waals surface area contributed by atoms with Crippen molar-refractivity contribution in [1.29, 1.82) is 0 Å². The van der Waals surface area contributed by atoms with E-state index >= 15 is 0 Å². The van der Waals surface area contributed by atoms with Crippen LogP contribution in [0.3, 0.4) is 0 Å².